The number of benzene rings is 3. The standard InChI is InChI=1S/C28H27ClN4O2/c1-19-8-9-20(2)25(16-19)31-12-14-32(15-13-31)26(34)18-33-24-11-10-22(29)17-23(24)27(30-28(33)35)21-6-4-3-5-7-21/h3-11,16-17H,12-15,18H2,1-2H3. The molecule has 1 aromatic heterocycles. The highest BCUT2D eigenvalue weighted by Gasteiger charge is 2.24. The molecule has 178 valence electrons. The zero-order chi connectivity index (χ0) is 24.5. The maximum atomic E-state index is 13.2. The molecule has 0 saturated carbocycles. The van der Waals surface area contributed by atoms with Crippen LogP contribution in [0.1, 0.15) is 11.1 Å². The van der Waals surface area contributed by atoms with E-state index in [2.05, 4.69) is 41.9 Å². The fourth-order valence-corrected chi connectivity index (χ4v) is 4.89. The first kappa shape index (κ1) is 23.1. The highest BCUT2D eigenvalue weighted by Crippen LogP contribution is 2.28. The number of hydrogen-bond acceptors (Lipinski definition) is 4. The van der Waals surface area contributed by atoms with Gasteiger partial charge in [-0.1, -0.05) is 54.1 Å². The van der Waals surface area contributed by atoms with Crippen molar-refractivity contribution in [3.63, 3.8) is 0 Å². The molecular formula is C28H27ClN4O2. The van der Waals surface area contributed by atoms with Gasteiger partial charge >= 0.3 is 5.69 Å². The summed E-state index contributed by atoms with van der Waals surface area (Å²) in [4.78, 5) is 34.8. The van der Waals surface area contributed by atoms with Gasteiger partial charge in [0, 0.05) is 47.8 Å². The van der Waals surface area contributed by atoms with Gasteiger partial charge in [-0.05, 0) is 49.2 Å². The number of aryl methyl sites for hydroxylation is 2. The summed E-state index contributed by atoms with van der Waals surface area (Å²) in [5.41, 5.74) is 5.28. The number of anilines is 1. The summed E-state index contributed by atoms with van der Waals surface area (Å²) in [6.07, 6.45) is 0. The van der Waals surface area contributed by atoms with E-state index in [0.29, 0.717) is 29.3 Å². The molecule has 0 spiro atoms. The second-order valence-electron chi connectivity index (χ2n) is 9.01. The number of halogens is 1. The number of fused-ring (bicyclic) bond motifs is 1. The fourth-order valence-electron chi connectivity index (χ4n) is 4.71. The van der Waals surface area contributed by atoms with E-state index in [9.17, 15) is 9.59 Å². The van der Waals surface area contributed by atoms with E-state index in [-0.39, 0.29) is 12.5 Å². The quantitative estimate of drug-likeness (QED) is 0.420. The van der Waals surface area contributed by atoms with Crippen LogP contribution in [0.2, 0.25) is 5.02 Å². The molecule has 1 fully saturated rings. The smallest absolute Gasteiger partial charge is 0.349 e. The summed E-state index contributed by atoms with van der Waals surface area (Å²) in [5, 5.41) is 1.30. The molecular weight excluding hydrogens is 460 g/mol. The zero-order valence-electron chi connectivity index (χ0n) is 19.9. The molecule has 3 aromatic carbocycles. The Kier molecular flexibility index (Phi) is 6.31. The van der Waals surface area contributed by atoms with E-state index in [1.54, 1.807) is 18.2 Å². The van der Waals surface area contributed by atoms with Crippen LogP contribution in [0.25, 0.3) is 22.2 Å². The lowest BCUT2D eigenvalue weighted by Gasteiger charge is -2.37. The Hall–Kier alpha value is -3.64. The minimum atomic E-state index is -0.443. The average molecular weight is 487 g/mol. The van der Waals surface area contributed by atoms with Gasteiger partial charge in [0.05, 0.1) is 11.2 Å². The summed E-state index contributed by atoms with van der Waals surface area (Å²) in [6.45, 7) is 6.89. The lowest BCUT2D eigenvalue weighted by atomic mass is 10.1. The summed E-state index contributed by atoms with van der Waals surface area (Å²) < 4.78 is 1.46. The third-order valence-electron chi connectivity index (χ3n) is 6.62. The number of carbonyl (C=O) groups is 1. The minimum absolute atomic E-state index is 0.0531. The Morgan fingerprint density at radius 2 is 1.69 bits per heavy atom. The molecule has 1 aliphatic rings. The normalized spacial score (nSPS) is 13.9. The maximum Gasteiger partial charge on any atom is 0.349 e. The molecule has 4 aromatic rings. The van der Waals surface area contributed by atoms with Crippen molar-refractivity contribution < 1.29 is 4.79 Å². The van der Waals surface area contributed by atoms with Crippen molar-refractivity contribution >= 4 is 34.1 Å². The van der Waals surface area contributed by atoms with Crippen molar-refractivity contribution in [1.29, 1.82) is 0 Å². The first-order valence-corrected chi connectivity index (χ1v) is 12.1. The first-order chi connectivity index (χ1) is 16.9. The van der Waals surface area contributed by atoms with Crippen LogP contribution in [0.3, 0.4) is 0 Å². The molecule has 0 unspecified atom stereocenters. The van der Waals surface area contributed by atoms with Crippen LogP contribution in [0.4, 0.5) is 5.69 Å². The summed E-state index contributed by atoms with van der Waals surface area (Å²) >= 11 is 6.29. The predicted octanol–water partition coefficient (Wildman–Crippen LogP) is 4.68. The summed E-state index contributed by atoms with van der Waals surface area (Å²) in [5.74, 6) is -0.0850. The van der Waals surface area contributed by atoms with E-state index < -0.39 is 5.69 Å². The van der Waals surface area contributed by atoms with Gasteiger partial charge in [-0.15, -0.1) is 0 Å². The lowest BCUT2D eigenvalue weighted by Crippen LogP contribution is -2.50. The summed E-state index contributed by atoms with van der Waals surface area (Å²) in [7, 11) is 0. The maximum absolute atomic E-state index is 13.2. The molecule has 0 bridgehead atoms. The Labute approximate surface area is 209 Å². The van der Waals surface area contributed by atoms with E-state index in [0.717, 1.165) is 24.0 Å². The predicted molar refractivity (Wildman–Crippen MR) is 141 cm³/mol. The van der Waals surface area contributed by atoms with E-state index in [4.69, 9.17) is 11.6 Å². The van der Waals surface area contributed by atoms with E-state index in [1.165, 1.54) is 21.4 Å². The topological polar surface area (TPSA) is 58.4 Å². The van der Waals surface area contributed by atoms with Crippen molar-refractivity contribution in [2.75, 3.05) is 31.1 Å². The van der Waals surface area contributed by atoms with Crippen molar-refractivity contribution in [2.45, 2.75) is 20.4 Å². The molecule has 2 heterocycles. The molecule has 1 saturated heterocycles. The SMILES string of the molecule is Cc1ccc(C)c(N2CCN(C(=O)Cn3c(=O)nc(-c4ccccc4)c4cc(Cl)ccc43)CC2)c1. The van der Waals surface area contributed by atoms with Crippen LogP contribution in [-0.4, -0.2) is 46.5 Å². The van der Waals surface area contributed by atoms with Gasteiger partial charge in [0.1, 0.15) is 6.54 Å². The third kappa shape index (κ3) is 4.66. The van der Waals surface area contributed by atoms with Gasteiger partial charge in [-0.3, -0.25) is 9.36 Å². The van der Waals surface area contributed by atoms with Gasteiger partial charge in [-0.2, -0.15) is 4.98 Å². The number of amides is 1. The van der Waals surface area contributed by atoms with Gasteiger partial charge < -0.3 is 9.80 Å². The highest BCUT2D eigenvalue weighted by molar-refractivity contribution is 6.31. The van der Waals surface area contributed by atoms with Crippen molar-refractivity contribution in [3.8, 4) is 11.3 Å². The van der Waals surface area contributed by atoms with Crippen LogP contribution in [0.15, 0.2) is 71.5 Å². The molecule has 1 amide bonds. The molecule has 5 rings (SSSR count). The first-order valence-electron chi connectivity index (χ1n) is 11.8. The van der Waals surface area contributed by atoms with Crippen LogP contribution in [-0.2, 0) is 11.3 Å². The monoisotopic (exact) mass is 486 g/mol. The average Bonchev–Trinajstić information content (AvgIpc) is 2.87. The Morgan fingerprint density at radius 1 is 0.943 bits per heavy atom. The molecule has 0 aliphatic carbocycles. The van der Waals surface area contributed by atoms with Gasteiger partial charge in [0.2, 0.25) is 5.91 Å². The number of aromatic nitrogens is 2. The van der Waals surface area contributed by atoms with E-state index >= 15 is 0 Å². The number of carbonyl (C=O) groups excluding carboxylic acids is 1. The largest absolute Gasteiger partial charge is 0.368 e. The Balaban J connectivity index is 1.39. The number of hydrogen-bond donors (Lipinski definition) is 0. The van der Waals surface area contributed by atoms with Gasteiger partial charge in [0.25, 0.3) is 0 Å². The fraction of sp³-hybridized carbons (Fsp3) is 0.250. The van der Waals surface area contributed by atoms with Gasteiger partial charge in [-0.25, -0.2) is 4.79 Å². The van der Waals surface area contributed by atoms with Crippen molar-refractivity contribution in [2.24, 2.45) is 0 Å². The summed E-state index contributed by atoms with van der Waals surface area (Å²) in [6, 6.07) is 21.3. The van der Waals surface area contributed by atoms with E-state index in [1.807, 2.05) is 35.2 Å². The van der Waals surface area contributed by atoms with Crippen LogP contribution in [0.5, 0.6) is 0 Å². The Morgan fingerprint density at radius 3 is 2.43 bits per heavy atom. The second-order valence-corrected chi connectivity index (χ2v) is 9.45. The lowest BCUT2D eigenvalue weighted by molar-refractivity contribution is -0.132. The molecule has 0 radical (unpaired) electrons. The number of rotatable bonds is 4. The Bertz CT molecular complexity index is 1460. The molecule has 35 heavy (non-hydrogen) atoms. The molecule has 0 atom stereocenters. The molecule has 0 N–H and O–H groups in total. The van der Waals surface area contributed by atoms with Crippen LogP contribution < -0.4 is 10.6 Å². The molecule has 1 aliphatic heterocycles. The van der Waals surface area contributed by atoms with Crippen molar-refractivity contribution in [3.05, 3.63) is 93.4 Å². The third-order valence-corrected chi connectivity index (χ3v) is 6.86. The van der Waals surface area contributed by atoms with Crippen LogP contribution in [0, 0.1) is 13.8 Å². The van der Waals surface area contributed by atoms with Crippen molar-refractivity contribution in [1.82, 2.24) is 14.5 Å². The number of nitrogens with zero attached hydrogens (tertiary/aromatic N) is 4. The van der Waals surface area contributed by atoms with Gasteiger partial charge in [0.15, 0.2) is 0 Å². The molecule has 7 heteroatoms. The zero-order valence-corrected chi connectivity index (χ0v) is 20.6. The highest BCUT2D eigenvalue weighted by atomic mass is 35.5. The second kappa shape index (κ2) is 9.55. The minimum Gasteiger partial charge on any atom is -0.368 e. The molecule has 6 nitrogen and oxygen atoms in total. The number of piperazine rings is 1. The van der Waals surface area contributed by atoms with Crippen LogP contribution >= 0.6 is 11.6 Å².